The molecule has 8 aliphatic carbocycles. The number of carbonyl (C=O) groups is 5. The molecule has 1 saturated heterocycles. The van der Waals surface area contributed by atoms with Gasteiger partial charge in [-0.3, -0.25) is 19.2 Å². The summed E-state index contributed by atoms with van der Waals surface area (Å²) in [6.45, 7) is 13.8. The number of fused-ring (bicyclic) bond motifs is 10. The van der Waals surface area contributed by atoms with Crippen molar-refractivity contribution in [3.63, 3.8) is 0 Å². The second-order valence-electron chi connectivity index (χ2n) is 27.0. The third-order valence-electron chi connectivity index (χ3n) is 23.7. The highest BCUT2D eigenvalue weighted by Gasteiger charge is 2.67. The van der Waals surface area contributed by atoms with Crippen LogP contribution in [-0.2, 0) is 28.8 Å². The van der Waals surface area contributed by atoms with Gasteiger partial charge in [-0.05, 0) is 215 Å². The molecule has 9 fully saturated rings. The van der Waals surface area contributed by atoms with E-state index in [-0.39, 0.29) is 137 Å². The molecule has 73 heavy (non-hydrogen) atoms. The van der Waals surface area contributed by atoms with Crippen molar-refractivity contribution in [1.82, 2.24) is 15.7 Å². The minimum absolute atomic E-state index is 0.0117. The van der Waals surface area contributed by atoms with Crippen LogP contribution in [0.3, 0.4) is 0 Å². The Bertz CT molecular complexity index is 2040. The zero-order valence-corrected chi connectivity index (χ0v) is 45.0. The van der Waals surface area contributed by atoms with E-state index in [2.05, 4.69) is 52.2 Å². The number of unbranched alkanes of at least 4 members (excludes halogenated alkanes) is 1. The van der Waals surface area contributed by atoms with Gasteiger partial charge in [0.1, 0.15) is 6.04 Å². The van der Waals surface area contributed by atoms with Crippen LogP contribution in [-0.4, -0.2) is 115 Å². The van der Waals surface area contributed by atoms with Gasteiger partial charge in [-0.25, -0.2) is 4.79 Å². The van der Waals surface area contributed by atoms with E-state index in [1.165, 1.54) is 0 Å². The average molecular weight is 1020 g/mol. The summed E-state index contributed by atoms with van der Waals surface area (Å²) in [4.78, 5) is 70.6. The Morgan fingerprint density at radius 3 is 1.55 bits per heavy atom. The SMILES string of the molecule is CC(CCC(=O)NCCCCC(NC(=O)CCC(C)C1CC[C@H]2[C@H]3C(O)C[C@@H]4C[C@H](O)CCC4(C)[C@H]3CC(O)C12C)C(=O)ON1C(=O)CCC1=O)C1CC[C@H]2[C@H]3C(O)C[C@@H]4C[C@H](O)CCC4(C)[C@H]3CC(O)C12C. The number of aliphatic hydroxyl groups is 6. The van der Waals surface area contributed by atoms with Gasteiger partial charge in [0.25, 0.3) is 11.8 Å². The number of carbonyl (C=O) groups excluding carboxylic acids is 5. The van der Waals surface area contributed by atoms with E-state index in [0.29, 0.717) is 75.8 Å². The van der Waals surface area contributed by atoms with Crippen LogP contribution in [0, 0.1) is 92.7 Å². The smallest absolute Gasteiger partial charge is 0.355 e. The molecular formula is C58H93N3O12. The van der Waals surface area contributed by atoms with Crippen LogP contribution in [0.1, 0.15) is 189 Å². The minimum atomic E-state index is -1.12. The molecule has 8 N–H and O–H groups in total. The Balaban J connectivity index is 0.747. The Kier molecular flexibility index (Phi) is 16.0. The molecule has 8 saturated carbocycles. The van der Waals surface area contributed by atoms with Crippen molar-refractivity contribution in [3.8, 4) is 0 Å². The molecule has 4 amide bonds. The molecule has 23 atom stereocenters. The quantitative estimate of drug-likeness (QED) is 0.0645. The van der Waals surface area contributed by atoms with E-state index in [0.717, 1.165) is 57.8 Å². The normalized spacial score (nSPS) is 46.2. The second-order valence-corrected chi connectivity index (χ2v) is 27.0. The number of amides is 4. The van der Waals surface area contributed by atoms with Crippen LogP contribution in [0.4, 0.5) is 0 Å². The molecule has 9 aliphatic rings. The third-order valence-corrected chi connectivity index (χ3v) is 23.7. The Hall–Kier alpha value is -2.69. The van der Waals surface area contributed by atoms with Gasteiger partial charge in [-0.1, -0.05) is 41.5 Å². The van der Waals surface area contributed by atoms with Crippen molar-refractivity contribution < 1.29 is 59.4 Å². The predicted octanol–water partition coefficient (Wildman–Crippen LogP) is 6.12. The number of hydrogen-bond acceptors (Lipinski definition) is 12. The zero-order chi connectivity index (χ0) is 52.5. The van der Waals surface area contributed by atoms with E-state index in [9.17, 15) is 54.6 Å². The van der Waals surface area contributed by atoms with Crippen LogP contribution in [0.2, 0.25) is 0 Å². The molecule has 0 aromatic rings. The van der Waals surface area contributed by atoms with Gasteiger partial charge in [0.2, 0.25) is 11.8 Å². The number of imide groups is 1. The first-order valence-corrected chi connectivity index (χ1v) is 29.2. The number of nitrogens with one attached hydrogen (secondary N) is 2. The summed E-state index contributed by atoms with van der Waals surface area (Å²) in [5.41, 5.74) is -0.775. The van der Waals surface area contributed by atoms with Crippen LogP contribution >= 0.6 is 0 Å². The molecule has 0 aromatic heterocycles. The molecular weight excluding hydrogens is 931 g/mol. The first-order valence-electron chi connectivity index (χ1n) is 29.2. The number of hydrogen-bond donors (Lipinski definition) is 8. The van der Waals surface area contributed by atoms with Gasteiger partial charge in [-0.15, -0.1) is 5.06 Å². The number of rotatable bonds is 16. The molecule has 412 valence electrons. The number of nitrogens with zero attached hydrogens (tertiary/aromatic N) is 1. The number of aliphatic hydroxyl groups excluding tert-OH is 6. The lowest BCUT2D eigenvalue weighted by molar-refractivity contribution is -0.207. The lowest BCUT2D eigenvalue weighted by Gasteiger charge is -2.63. The minimum Gasteiger partial charge on any atom is -0.393 e. The fourth-order valence-corrected chi connectivity index (χ4v) is 19.5. The van der Waals surface area contributed by atoms with Gasteiger partial charge in [0.15, 0.2) is 0 Å². The van der Waals surface area contributed by atoms with E-state index in [1.807, 2.05) is 0 Å². The summed E-state index contributed by atoms with van der Waals surface area (Å²) < 4.78 is 0. The topological polar surface area (TPSA) is 243 Å². The monoisotopic (exact) mass is 1020 g/mol. The van der Waals surface area contributed by atoms with Crippen molar-refractivity contribution in [2.45, 2.75) is 232 Å². The molecule has 15 nitrogen and oxygen atoms in total. The molecule has 0 aromatic carbocycles. The lowest BCUT2D eigenvalue weighted by Crippen LogP contribution is -2.62. The Morgan fingerprint density at radius 2 is 1.07 bits per heavy atom. The van der Waals surface area contributed by atoms with E-state index in [4.69, 9.17) is 4.84 Å². The molecule has 0 radical (unpaired) electrons. The molecule has 9 rings (SSSR count). The summed E-state index contributed by atoms with van der Waals surface area (Å²) in [6.07, 6.45) is 11.3. The molecule has 0 bridgehead atoms. The first kappa shape index (κ1) is 55.1. The van der Waals surface area contributed by atoms with E-state index >= 15 is 0 Å². The fourth-order valence-electron chi connectivity index (χ4n) is 19.5. The van der Waals surface area contributed by atoms with Crippen molar-refractivity contribution >= 4 is 29.6 Å². The van der Waals surface area contributed by atoms with Gasteiger partial charge >= 0.3 is 5.97 Å². The van der Waals surface area contributed by atoms with Crippen LogP contribution < -0.4 is 10.6 Å². The highest BCUT2D eigenvalue weighted by molar-refractivity contribution is 6.02. The molecule has 13 unspecified atom stereocenters. The fraction of sp³-hybridized carbons (Fsp3) is 0.914. The highest BCUT2D eigenvalue weighted by atomic mass is 16.7. The van der Waals surface area contributed by atoms with Crippen molar-refractivity contribution in [1.29, 1.82) is 0 Å². The highest BCUT2D eigenvalue weighted by Crippen LogP contribution is 2.70. The first-order chi connectivity index (χ1) is 34.5. The molecule has 0 spiro atoms. The van der Waals surface area contributed by atoms with E-state index in [1.54, 1.807) is 0 Å². The average Bonchev–Trinajstić information content (AvgIpc) is 4.00. The standard InChI is InChI=1S/C58H93N3O12/c1-31(37-12-14-39-52-41(29-46(66)57(37,39)5)55(3)22-20-35(62)25-33(55)27-44(52)64)10-16-48(68)59-24-8-7-9-43(54(72)73-61-50(70)18-19-51(61)71)60-49(69)17-11-32(2)38-13-15-40-53-42(30-47(67)58(38,40)6)56(4)23-21-36(63)26-34(56)28-45(53)65/h31-47,52-53,62-67H,7-30H2,1-6H3,(H,59,68)(H,60,69)/t31?,32?,33-,34-,35+,36+,37?,38?,39-,40-,41-,42-,43?,44?,45?,46?,47?,52+,53+,55?,56?,57?,58?/m0/s1. The maximum atomic E-state index is 13.7. The molecule has 1 aliphatic heterocycles. The second kappa shape index (κ2) is 21.3. The van der Waals surface area contributed by atoms with Crippen LogP contribution in [0.5, 0.6) is 0 Å². The predicted molar refractivity (Wildman–Crippen MR) is 271 cm³/mol. The zero-order valence-electron chi connectivity index (χ0n) is 45.0. The maximum absolute atomic E-state index is 13.7. The Labute approximate surface area is 434 Å². The van der Waals surface area contributed by atoms with Gasteiger partial charge < -0.3 is 46.1 Å². The third kappa shape index (κ3) is 9.88. The van der Waals surface area contributed by atoms with Crippen molar-refractivity contribution in [2.75, 3.05) is 6.54 Å². The molecule has 15 heteroatoms. The summed E-state index contributed by atoms with van der Waals surface area (Å²) in [5, 5.41) is 74.8. The van der Waals surface area contributed by atoms with Crippen molar-refractivity contribution in [2.24, 2.45) is 92.7 Å². The van der Waals surface area contributed by atoms with Gasteiger partial charge in [0, 0.05) is 32.2 Å². The number of hydroxylamine groups is 2. The Morgan fingerprint density at radius 1 is 0.603 bits per heavy atom. The summed E-state index contributed by atoms with van der Waals surface area (Å²) >= 11 is 0. The summed E-state index contributed by atoms with van der Waals surface area (Å²) in [6, 6.07) is -1.12. The van der Waals surface area contributed by atoms with E-state index < -0.39 is 53.7 Å². The van der Waals surface area contributed by atoms with Gasteiger partial charge in [-0.2, -0.15) is 0 Å². The van der Waals surface area contributed by atoms with Crippen LogP contribution in [0.25, 0.3) is 0 Å². The van der Waals surface area contributed by atoms with Crippen molar-refractivity contribution in [3.05, 3.63) is 0 Å². The molecule has 1 heterocycles. The van der Waals surface area contributed by atoms with Crippen LogP contribution in [0.15, 0.2) is 0 Å². The van der Waals surface area contributed by atoms with Gasteiger partial charge in [0.05, 0.1) is 36.6 Å². The summed E-state index contributed by atoms with van der Waals surface area (Å²) in [7, 11) is 0. The summed E-state index contributed by atoms with van der Waals surface area (Å²) in [5.74, 6) is -0.416. The largest absolute Gasteiger partial charge is 0.393 e. The maximum Gasteiger partial charge on any atom is 0.355 e. The lowest BCUT2D eigenvalue weighted by atomic mass is 9.43.